The Labute approximate surface area is 123 Å². The van der Waals surface area contributed by atoms with Gasteiger partial charge in [0.05, 0.1) is 11.9 Å². The number of hydrogen-bond acceptors (Lipinski definition) is 4. The fourth-order valence-corrected chi connectivity index (χ4v) is 3.97. The molecule has 0 spiro atoms. The molecular weight excluding hydrogens is 269 g/mol. The standard InChI is InChI=1S/C15H18BNO4/c1-17-10-7-8-11(17)16(14(19)12(10)15(20)21)13(18)9-5-3-2-4-6-9/h2-6,10-12,14,19H,7-8H2,1H3,(H,20,21)/t10-,11+,12-,14-/m1/s1. The molecule has 1 aromatic carbocycles. The van der Waals surface area contributed by atoms with Crippen LogP contribution in [0.25, 0.3) is 0 Å². The fraction of sp³-hybridized carbons (Fsp3) is 0.467. The Morgan fingerprint density at radius 1 is 1.24 bits per heavy atom. The Kier molecular flexibility index (Phi) is 3.59. The maximum absolute atomic E-state index is 12.7. The number of benzene rings is 1. The Morgan fingerprint density at radius 2 is 1.90 bits per heavy atom. The zero-order valence-electron chi connectivity index (χ0n) is 11.8. The van der Waals surface area contributed by atoms with Gasteiger partial charge in [-0.2, -0.15) is 0 Å². The lowest BCUT2D eigenvalue weighted by molar-refractivity contribution is -0.147. The highest BCUT2D eigenvalue weighted by atomic mass is 16.4. The zero-order chi connectivity index (χ0) is 15.1. The molecule has 21 heavy (non-hydrogen) atoms. The van der Waals surface area contributed by atoms with E-state index in [0.29, 0.717) is 12.0 Å². The van der Waals surface area contributed by atoms with Crippen LogP contribution in [0.15, 0.2) is 30.3 Å². The molecule has 0 aromatic heterocycles. The molecule has 0 amide bonds. The molecule has 5 nitrogen and oxygen atoms in total. The molecule has 2 fully saturated rings. The molecule has 2 heterocycles. The second-order valence-electron chi connectivity index (χ2n) is 5.99. The maximum atomic E-state index is 12.7. The summed E-state index contributed by atoms with van der Waals surface area (Å²) in [6, 6.07) is 7.51. The first-order valence-corrected chi connectivity index (χ1v) is 7.24. The van der Waals surface area contributed by atoms with Crippen LogP contribution in [-0.2, 0) is 4.79 Å². The first kappa shape index (κ1) is 14.3. The van der Waals surface area contributed by atoms with Gasteiger partial charge in [-0.05, 0) is 25.8 Å². The van der Waals surface area contributed by atoms with E-state index in [4.69, 9.17) is 0 Å². The van der Waals surface area contributed by atoms with E-state index in [1.807, 2.05) is 18.0 Å². The summed E-state index contributed by atoms with van der Waals surface area (Å²) in [6.07, 6.45) is 1.47. The molecule has 110 valence electrons. The van der Waals surface area contributed by atoms with Crippen molar-refractivity contribution in [2.24, 2.45) is 5.92 Å². The van der Waals surface area contributed by atoms with Crippen molar-refractivity contribution in [2.75, 3.05) is 7.05 Å². The molecule has 2 aliphatic rings. The molecule has 0 aliphatic carbocycles. The smallest absolute Gasteiger partial charge is 0.309 e. The van der Waals surface area contributed by atoms with Crippen LogP contribution in [0.2, 0.25) is 0 Å². The number of aliphatic hydroxyl groups is 1. The molecule has 2 N–H and O–H groups in total. The van der Waals surface area contributed by atoms with Crippen molar-refractivity contribution in [3.05, 3.63) is 35.9 Å². The van der Waals surface area contributed by atoms with Crippen molar-refractivity contribution in [2.45, 2.75) is 30.8 Å². The van der Waals surface area contributed by atoms with E-state index in [2.05, 4.69) is 0 Å². The highest BCUT2D eigenvalue weighted by Crippen LogP contribution is 2.38. The number of carbonyl (C=O) groups is 2. The number of rotatable bonds is 3. The average Bonchev–Trinajstić information content (AvgIpc) is 2.74. The first-order valence-electron chi connectivity index (χ1n) is 7.24. The van der Waals surface area contributed by atoms with Gasteiger partial charge in [-0.3, -0.25) is 4.79 Å². The molecule has 4 atom stereocenters. The second-order valence-corrected chi connectivity index (χ2v) is 5.99. The predicted octanol–water partition coefficient (Wildman–Crippen LogP) is 0.520. The maximum Gasteiger partial charge on any atom is 0.309 e. The average molecular weight is 287 g/mol. The van der Waals surface area contributed by atoms with Gasteiger partial charge in [-0.1, -0.05) is 30.3 Å². The van der Waals surface area contributed by atoms with E-state index in [9.17, 15) is 19.8 Å². The molecule has 0 radical (unpaired) electrons. The van der Waals surface area contributed by atoms with Crippen molar-refractivity contribution >= 4 is 18.4 Å². The summed E-state index contributed by atoms with van der Waals surface area (Å²) in [7, 11) is 1.86. The van der Waals surface area contributed by atoms with Crippen LogP contribution >= 0.6 is 0 Å². The minimum Gasteiger partial charge on any atom is -0.481 e. The number of aliphatic hydroxyl groups excluding tert-OH is 1. The largest absolute Gasteiger partial charge is 0.481 e. The number of hydrogen-bond donors (Lipinski definition) is 2. The lowest BCUT2D eigenvalue weighted by Gasteiger charge is -2.42. The van der Waals surface area contributed by atoms with Crippen LogP contribution in [0, 0.1) is 5.92 Å². The predicted molar refractivity (Wildman–Crippen MR) is 78.2 cm³/mol. The normalized spacial score (nSPS) is 32.2. The number of fused-ring (bicyclic) bond motifs is 2. The van der Waals surface area contributed by atoms with E-state index in [1.54, 1.807) is 24.3 Å². The Bertz CT molecular complexity index is 564. The van der Waals surface area contributed by atoms with Crippen LogP contribution in [0.5, 0.6) is 0 Å². The molecule has 3 rings (SSSR count). The van der Waals surface area contributed by atoms with E-state index in [-0.39, 0.29) is 17.7 Å². The van der Waals surface area contributed by atoms with Crippen LogP contribution in [-0.4, -0.2) is 58.5 Å². The van der Waals surface area contributed by atoms with E-state index < -0.39 is 24.6 Å². The zero-order valence-corrected chi connectivity index (χ0v) is 11.8. The van der Waals surface area contributed by atoms with Crippen molar-refractivity contribution in [3.63, 3.8) is 0 Å². The molecular formula is C15H18BNO4. The third-order valence-corrected chi connectivity index (χ3v) is 5.02. The SMILES string of the molecule is CN1[C@@H]2CC[C@H]1B(C(=O)c1ccccc1)[C@H](O)[C@@H]2C(=O)O. The summed E-state index contributed by atoms with van der Waals surface area (Å²) in [6.45, 7) is -0.669. The van der Waals surface area contributed by atoms with E-state index in [1.165, 1.54) is 0 Å². The van der Waals surface area contributed by atoms with Gasteiger partial charge in [0.15, 0.2) is 0 Å². The van der Waals surface area contributed by atoms with Gasteiger partial charge in [0.1, 0.15) is 5.68 Å². The highest BCUT2D eigenvalue weighted by Gasteiger charge is 2.58. The van der Waals surface area contributed by atoms with Crippen LogP contribution < -0.4 is 0 Å². The minimum atomic E-state index is -1.12. The molecule has 1 aromatic rings. The molecule has 6 heteroatoms. The van der Waals surface area contributed by atoms with E-state index >= 15 is 0 Å². The van der Waals surface area contributed by atoms with Crippen molar-refractivity contribution in [1.29, 1.82) is 0 Å². The molecule has 2 aliphatic heterocycles. The van der Waals surface area contributed by atoms with Gasteiger partial charge >= 0.3 is 5.97 Å². The van der Waals surface area contributed by atoms with Crippen LogP contribution in [0.3, 0.4) is 0 Å². The summed E-state index contributed by atoms with van der Waals surface area (Å²) in [5.41, 5.74) is 0.371. The van der Waals surface area contributed by atoms with Gasteiger partial charge in [-0.15, -0.1) is 0 Å². The molecule has 0 saturated carbocycles. The van der Waals surface area contributed by atoms with Gasteiger partial charge in [0, 0.05) is 11.6 Å². The third-order valence-electron chi connectivity index (χ3n) is 5.02. The lowest BCUT2D eigenvalue weighted by Crippen LogP contribution is -2.65. The summed E-state index contributed by atoms with van der Waals surface area (Å²) in [5, 5.41) is 19.9. The number of carboxylic acids is 1. The Balaban J connectivity index is 1.97. The van der Waals surface area contributed by atoms with Crippen molar-refractivity contribution in [1.82, 2.24) is 4.90 Å². The summed E-state index contributed by atoms with van der Waals surface area (Å²) >= 11 is 0. The molecule has 2 bridgehead atoms. The van der Waals surface area contributed by atoms with Gasteiger partial charge < -0.3 is 19.9 Å². The Morgan fingerprint density at radius 3 is 2.52 bits per heavy atom. The molecule has 0 unspecified atom stereocenters. The number of carboxylic acid groups (broad SMARTS) is 1. The quantitative estimate of drug-likeness (QED) is 0.792. The summed E-state index contributed by atoms with van der Waals surface area (Å²) in [4.78, 5) is 26.2. The van der Waals surface area contributed by atoms with Gasteiger partial charge in [-0.25, -0.2) is 0 Å². The van der Waals surface area contributed by atoms with Gasteiger partial charge in [0.2, 0.25) is 0 Å². The van der Waals surface area contributed by atoms with Crippen molar-refractivity contribution < 1.29 is 19.8 Å². The highest BCUT2D eigenvalue weighted by molar-refractivity contribution is 6.94. The summed E-state index contributed by atoms with van der Waals surface area (Å²) < 4.78 is 0. The lowest BCUT2D eigenvalue weighted by atomic mass is 9.33. The monoisotopic (exact) mass is 287 g/mol. The third kappa shape index (κ3) is 2.19. The summed E-state index contributed by atoms with van der Waals surface area (Å²) in [5.74, 6) is -2.00. The number of aliphatic carboxylic acids is 1. The first-order chi connectivity index (χ1) is 10.0. The van der Waals surface area contributed by atoms with Gasteiger partial charge in [0.25, 0.3) is 6.71 Å². The second kappa shape index (κ2) is 5.28. The topological polar surface area (TPSA) is 77.8 Å². The number of nitrogens with zero attached hydrogens (tertiary/aromatic N) is 1. The van der Waals surface area contributed by atoms with Crippen molar-refractivity contribution in [3.8, 4) is 0 Å². The minimum absolute atomic E-state index is 0.0756. The molecule has 2 saturated heterocycles. The number of carbonyl (C=O) groups excluding carboxylic acids is 1. The van der Waals surface area contributed by atoms with Crippen LogP contribution in [0.4, 0.5) is 0 Å². The Hall–Kier alpha value is -1.66. The van der Waals surface area contributed by atoms with E-state index in [0.717, 1.165) is 6.42 Å². The fourth-order valence-electron chi connectivity index (χ4n) is 3.97. The van der Waals surface area contributed by atoms with Crippen LogP contribution in [0.1, 0.15) is 23.2 Å².